The van der Waals surface area contributed by atoms with Gasteiger partial charge in [0.15, 0.2) is 5.82 Å². The van der Waals surface area contributed by atoms with E-state index >= 15 is 0 Å². The van der Waals surface area contributed by atoms with E-state index in [4.69, 9.17) is 5.73 Å². The summed E-state index contributed by atoms with van der Waals surface area (Å²) in [7, 11) is 1.57. The molecule has 92 valence electrons. The summed E-state index contributed by atoms with van der Waals surface area (Å²) in [6.45, 7) is 0. The first-order valence-electron chi connectivity index (χ1n) is 5.32. The van der Waals surface area contributed by atoms with Crippen LogP contribution in [0.25, 0.3) is 0 Å². The van der Waals surface area contributed by atoms with Gasteiger partial charge in [0.2, 0.25) is 0 Å². The van der Waals surface area contributed by atoms with Crippen LogP contribution in [-0.4, -0.2) is 17.9 Å². The van der Waals surface area contributed by atoms with Gasteiger partial charge in [-0.25, -0.2) is 4.39 Å². The van der Waals surface area contributed by atoms with E-state index in [-0.39, 0.29) is 5.56 Å². The molecular weight excluding hydrogens is 233 g/mol. The second-order valence-corrected chi connectivity index (χ2v) is 3.81. The molecule has 1 heterocycles. The third kappa shape index (κ3) is 2.29. The lowest BCUT2D eigenvalue weighted by molar-refractivity contribution is 0.0989. The number of amides is 1. The molecule has 4 nitrogen and oxygen atoms in total. The molecule has 0 unspecified atom stereocenters. The Labute approximate surface area is 104 Å². The van der Waals surface area contributed by atoms with Crippen molar-refractivity contribution in [3.05, 3.63) is 54.1 Å². The molecule has 0 atom stereocenters. The molecule has 2 N–H and O–H groups in total. The number of hydrogen-bond acceptors (Lipinski definition) is 3. The van der Waals surface area contributed by atoms with Crippen LogP contribution in [0.2, 0.25) is 0 Å². The second kappa shape index (κ2) is 4.83. The Morgan fingerprint density at radius 2 is 2.17 bits per heavy atom. The Hall–Kier alpha value is -2.43. The van der Waals surface area contributed by atoms with Crippen LogP contribution in [-0.2, 0) is 0 Å². The van der Waals surface area contributed by atoms with Crippen molar-refractivity contribution in [2.24, 2.45) is 0 Å². The molecular formula is C13H12FN3O. The number of carbonyl (C=O) groups excluding carboxylic acids is 1. The number of nitrogen functional groups attached to an aromatic ring is 1. The highest BCUT2D eigenvalue weighted by Gasteiger charge is 2.17. The van der Waals surface area contributed by atoms with Crippen molar-refractivity contribution >= 4 is 17.3 Å². The average Bonchev–Trinajstić information content (AvgIpc) is 2.37. The first-order chi connectivity index (χ1) is 8.59. The number of nitrogens with two attached hydrogens (primary N) is 1. The van der Waals surface area contributed by atoms with E-state index in [0.29, 0.717) is 11.4 Å². The van der Waals surface area contributed by atoms with Crippen molar-refractivity contribution in [3.63, 3.8) is 0 Å². The van der Waals surface area contributed by atoms with Gasteiger partial charge in [-0.15, -0.1) is 0 Å². The van der Waals surface area contributed by atoms with Crippen LogP contribution in [0.3, 0.4) is 0 Å². The molecule has 0 spiro atoms. The van der Waals surface area contributed by atoms with Gasteiger partial charge in [0, 0.05) is 24.6 Å². The number of carbonyl (C=O) groups is 1. The van der Waals surface area contributed by atoms with Crippen LogP contribution < -0.4 is 10.6 Å². The summed E-state index contributed by atoms with van der Waals surface area (Å²) in [5.74, 6) is -1.08. The lowest BCUT2D eigenvalue weighted by Crippen LogP contribution is -2.27. The summed E-state index contributed by atoms with van der Waals surface area (Å²) in [4.78, 5) is 17.0. The Kier molecular flexibility index (Phi) is 3.23. The fraction of sp³-hybridized carbons (Fsp3) is 0.0769. The number of benzene rings is 1. The van der Waals surface area contributed by atoms with E-state index in [1.54, 1.807) is 31.3 Å². The van der Waals surface area contributed by atoms with Crippen molar-refractivity contribution in [2.45, 2.75) is 0 Å². The zero-order chi connectivity index (χ0) is 13.1. The average molecular weight is 245 g/mol. The van der Waals surface area contributed by atoms with Crippen molar-refractivity contribution in [2.75, 3.05) is 17.7 Å². The SMILES string of the molecule is CN(C(=O)c1ccncc1F)c1cccc(N)c1. The summed E-state index contributed by atoms with van der Waals surface area (Å²) in [5.41, 5.74) is 6.78. The summed E-state index contributed by atoms with van der Waals surface area (Å²) < 4.78 is 13.5. The second-order valence-electron chi connectivity index (χ2n) is 3.81. The third-order valence-corrected chi connectivity index (χ3v) is 2.57. The molecule has 0 radical (unpaired) electrons. The molecule has 1 amide bonds. The van der Waals surface area contributed by atoms with E-state index < -0.39 is 11.7 Å². The zero-order valence-corrected chi connectivity index (χ0v) is 9.80. The van der Waals surface area contributed by atoms with Gasteiger partial charge in [-0.3, -0.25) is 9.78 Å². The van der Waals surface area contributed by atoms with E-state index in [2.05, 4.69) is 4.98 Å². The molecule has 1 aromatic carbocycles. The van der Waals surface area contributed by atoms with Crippen LogP contribution in [0.15, 0.2) is 42.7 Å². The summed E-state index contributed by atoms with van der Waals surface area (Å²) >= 11 is 0. The normalized spacial score (nSPS) is 10.1. The highest BCUT2D eigenvalue weighted by atomic mass is 19.1. The van der Waals surface area contributed by atoms with Crippen molar-refractivity contribution < 1.29 is 9.18 Å². The van der Waals surface area contributed by atoms with Gasteiger partial charge in [-0.2, -0.15) is 0 Å². The Balaban J connectivity index is 2.32. The van der Waals surface area contributed by atoms with Crippen LogP contribution in [0, 0.1) is 5.82 Å². The number of halogens is 1. The molecule has 0 bridgehead atoms. The molecule has 0 aliphatic heterocycles. The summed E-state index contributed by atoms with van der Waals surface area (Å²) in [5, 5.41) is 0. The molecule has 0 aliphatic rings. The Morgan fingerprint density at radius 3 is 2.83 bits per heavy atom. The van der Waals surface area contributed by atoms with Crippen molar-refractivity contribution in [1.82, 2.24) is 4.98 Å². The lowest BCUT2D eigenvalue weighted by atomic mass is 10.2. The van der Waals surface area contributed by atoms with E-state index in [1.165, 1.54) is 17.2 Å². The highest BCUT2D eigenvalue weighted by molar-refractivity contribution is 6.05. The largest absolute Gasteiger partial charge is 0.399 e. The number of pyridine rings is 1. The molecule has 2 aromatic rings. The molecule has 1 aromatic heterocycles. The topological polar surface area (TPSA) is 59.2 Å². The minimum atomic E-state index is -0.641. The fourth-order valence-electron chi connectivity index (χ4n) is 1.58. The van der Waals surface area contributed by atoms with Gasteiger partial charge in [0.05, 0.1) is 11.8 Å². The van der Waals surface area contributed by atoms with Gasteiger partial charge in [-0.1, -0.05) is 6.07 Å². The Bertz CT molecular complexity index is 586. The summed E-state index contributed by atoms with van der Waals surface area (Å²) in [6.07, 6.45) is 2.39. The van der Waals surface area contributed by atoms with Gasteiger partial charge >= 0.3 is 0 Å². The molecule has 0 fully saturated rings. The van der Waals surface area contributed by atoms with Gasteiger partial charge < -0.3 is 10.6 Å². The standard InChI is InChI=1S/C13H12FN3O/c1-17(10-4-2-3-9(15)7-10)13(18)11-5-6-16-8-12(11)14/h2-8H,15H2,1H3. The number of rotatable bonds is 2. The Morgan fingerprint density at radius 1 is 1.39 bits per heavy atom. The predicted molar refractivity (Wildman–Crippen MR) is 67.8 cm³/mol. The van der Waals surface area contributed by atoms with Gasteiger partial charge in [-0.05, 0) is 24.3 Å². The van der Waals surface area contributed by atoms with Crippen LogP contribution in [0.1, 0.15) is 10.4 Å². The third-order valence-electron chi connectivity index (χ3n) is 2.57. The lowest BCUT2D eigenvalue weighted by Gasteiger charge is -2.17. The van der Waals surface area contributed by atoms with Crippen LogP contribution in [0.5, 0.6) is 0 Å². The number of aromatic nitrogens is 1. The van der Waals surface area contributed by atoms with Crippen molar-refractivity contribution in [1.29, 1.82) is 0 Å². The number of nitrogens with zero attached hydrogens (tertiary/aromatic N) is 2. The number of anilines is 2. The molecule has 5 heteroatoms. The van der Waals surface area contributed by atoms with Crippen LogP contribution in [0.4, 0.5) is 15.8 Å². The molecule has 18 heavy (non-hydrogen) atoms. The first kappa shape index (κ1) is 12.0. The minimum Gasteiger partial charge on any atom is -0.399 e. The predicted octanol–water partition coefficient (Wildman–Crippen LogP) is 2.08. The van der Waals surface area contributed by atoms with Gasteiger partial charge in [0.25, 0.3) is 5.91 Å². The monoisotopic (exact) mass is 245 g/mol. The zero-order valence-electron chi connectivity index (χ0n) is 9.80. The minimum absolute atomic E-state index is 0.0186. The van der Waals surface area contributed by atoms with E-state index in [0.717, 1.165) is 6.20 Å². The number of hydrogen-bond donors (Lipinski definition) is 1. The molecule has 2 rings (SSSR count). The maximum atomic E-state index is 13.5. The highest BCUT2D eigenvalue weighted by Crippen LogP contribution is 2.19. The van der Waals surface area contributed by atoms with Gasteiger partial charge in [0.1, 0.15) is 0 Å². The van der Waals surface area contributed by atoms with E-state index in [9.17, 15) is 9.18 Å². The van der Waals surface area contributed by atoms with Crippen molar-refractivity contribution in [3.8, 4) is 0 Å². The maximum Gasteiger partial charge on any atom is 0.261 e. The maximum absolute atomic E-state index is 13.5. The molecule has 0 aliphatic carbocycles. The smallest absolute Gasteiger partial charge is 0.261 e. The molecule has 0 saturated carbocycles. The molecule has 0 saturated heterocycles. The fourth-order valence-corrected chi connectivity index (χ4v) is 1.58. The summed E-state index contributed by atoms with van der Waals surface area (Å²) in [6, 6.07) is 8.18. The van der Waals surface area contributed by atoms with Crippen LogP contribution >= 0.6 is 0 Å². The van der Waals surface area contributed by atoms with E-state index in [1.807, 2.05) is 0 Å². The first-order valence-corrected chi connectivity index (χ1v) is 5.32. The quantitative estimate of drug-likeness (QED) is 0.824.